The molecule has 19 heavy (non-hydrogen) atoms. The minimum absolute atomic E-state index is 0.251. The number of ether oxygens (including phenoxy) is 1. The molecule has 2 rings (SSSR count). The molecule has 1 aliphatic heterocycles. The Balaban J connectivity index is 2.03. The Kier molecular flexibility index (Phi) is 4.48. The maximum absolute atomic E-state index is 11.9. The predicted octanol–water partition coefficient (Wildman–Crippen LogP) is 0.435. The van der Waals surface area contributed by atoms with Crippen molar-refractivity contribution in [3.63, 3.8) is 0 Å². The summed E-state index contributed by atoms with van der Waals surface area (Å²) in [5.41, 5.74) is 5.49. The SMILES string of the molecule is COC(=O)C1(N)CCCC(N2CCN(C)CC2C)C1. The van der Waals surface area contributed by atoms with Crippen molar-refractivity contribution in [2.75, 3.05) is 33.8 Å². The average molecular weight is 269 g/mol. The molecule has 3 unspecified atom stereocenters. The highest BCUT2D eigenvalue weighted by Crippen LogP contribution is 2.32. The molecule has 5 nitrogen and oxygen atoms in total. The minimum atomic E-state index is -0.777. The number of rotatable bonds is 2. The lowest BCUT2D eigenvalue weighted by Gasteiger charge is -2.47. The number of carbonyl (C=O) groups excluding carboxylic acids is 1. The largest absolute Gasteiger partial charge is 0.468 e. The Morgan fingerprint density at radius 1 is 1.42 bits per heavy atom. The van der Waals surface area contributed by atoms with Crippen LogP contribution in [-0.4, -0.2) is 67.2 Å². The molecule has 1 saturated heterocycles. The molecule has 0 amide bonds. The third kappa shape index (κ3) is 3.09. The van der Waals surface area contributed by atoms with E-state index >= 15 is 0 Å². The second-order valence-corrected chi connectivity index (χ2v) is 6.25. The van der Waals surface area contributed by atoms with Gasteiger partial charge in [-0.05, 0) is 39.7 Å². The summed E-state index contributed by atoms with van der Waals surface area (Å²) in [5.74, 6) is -0.251. The monoisotopic (exact) mass is 269 g/mol. The summed E-state index contributed by atoms with van der Waals surface area (Å²) in [6, 6.07) is 0.949. The van der Waals surface area contributed by atoms with Gasteiger partial charge in [-0.2, -0.15) is 0 Å². The summed E-state index contributed by atoms with van der Waals surface area (Å²) in [4.78, 5) is 16.8. The van der Waals surface area contributed by atoms with Crippen LogP contribution in [0.1, 0.15) is 32.6 Å². The average Bonchev–Trinajstić information content (AvgIpc) is 2.37. The number of hydrogen-bond donors (Lipinski definition) is 1. The van der Waals surface area contributed by atoms with E-state index in [4.69, 9.17) is 10.5 Å². The van der Waals surface area contributed by atoms with Gasteiger partial charge < -0.3 is 15.4 Å². The van der Waals surface area contributed by atoms with E-state index in [-0.39, 0.29) is 5.97 Å². The highest BCUT2D eigenvalue weighted by molar-refractivity contribution is 5.80. The Labute approximate surface area is 116 Å². The van der Waals surface area contributed by atoms with Crippen LogP contribution in [0.15, 0.2) is 0 Å². The zero-order chi connectivity index (χ0) is 14.0. The van der Waals surface area contributed by atoms with Crippen LogP contribution in [-0.2, 0) is 9.53 Å². The van der Waals surface area contributed by atoms with Gasteiger partial charge in [0.15, 0.2) is 0 Å². The Morgan fingerprint density at radius 2 is 2.16 bits per heavy atom. The van der Waals surface area contributed by atoms with Gasteiger partial charge in [0.2, 0.25) is 0 Å². The van der Waals surface area contributed by atoms with Crippen molar-refractivity contribution in [3.05, 3.63) is 0 Å². The first-order chi connectivity index (χ1) is 8.96. The van der Waals surface area contributed by atoms with Crippen molar-refractivity contribution in [1.82, 2.24) is 9.80 Å². The van der Waals surface area contributed by atoms with Gasteiger partial charge in [-0.15, -0.1) is 0 Å². The van der Waals surface area contributed by atoms with Crippen LogP contribution in [0.4, 0.5) is 0 Å². The molecular formula is C14H27N3O2. The molecule has 0 aromatic rings. The molecule has 2 N–H and O–H groups in total. The zero-order valence-corrected chi connectivity index (χ0v) is 12.4. The number of likely N-dealkylation sites (N-methyl/N-ethyl adjacent to an activating group) is 1. The van der Waals surface area contributed by atoms with Crippen LogP contribution < -0.4 is 5.73 Å². The molecule has 1 saturated carbocycles. The Bertz CT molecular complexity index is 337. The molecule has 2 fully saturated rings. The fraction of sp³-hybridized carbons (Fsp3) is 0.929. The zero-order valence-electron chi connectivity index (χ0n) is 12.4. The molecule has 0 aromatic heterocycles. The summed E-state index contributed by atoms with van der Waals surface area (Å²) >= 11 is 0. The molecule has 5 heteroatoms. The van der Waals surface area contributed by atoms with Crippen molar-refractivity contribution < 1.29 is 9.53 Å². The third-order valence-corrected chi connectivity index (χ3v) is 4.70. The van der Waals surface area contributed by atoms with Gasteiger partial charge in [-0.25, -0.2) is 0 Å². The summed E-state index contributed by atoms with van der Waals surface area (Å²) in [6.45, 7) is 5.52. The summed E-state index contributed by atoms with van der Waals surface area (Å²) < 4.78 is 4.88. The van der Waals surface area contributed by atoms with Crippen LogP contribution in [0.5, 0.6) is 0 Å². The molecule has 0 bridgehead atoms. The smallest absolute Gasteiger partial charge is 0.325 e. The molecule has 110 valence electrons. The number of methoxy groups -OCH3 is 1. The number of piperazine rings is 1. The van der Waals surface area contributed by atoms with E-state index in [0.717, 1.165) is 45.3 Å². The highest BCUT2D eigenvalue weighted by atomic mass is 16.5. The third-order valence-electron chi connectivity index (χ3n) is 4.70. The van der Waals surface area contributed by atoms with E-state index in [0.29, 0.717) is 12.1 Å². The normalized spacial score (nSPS) is 38.1. The van der Waals surface area contributed by atoms with Crippen molar-refractivity contribution in [1.29, 1.82) is 0 Å². The molecular weight excluding hydrogens is 242 g/mol. The topological polar surface area (TPSA) is 58.8 Å². The second-order valence-electron chi connectivity index (χ2n) is 6.25. The summed E-state index contributed by atoms with van der Waals surface area (Å²) in [6.07, 6.45) is 3.63. The van der Waals surface area contributed by atoms with Gasteiger partial charge >= 0.3 is 5.97 Å². The number of esters is 1. The van der Waals surface area contributed by atoms with Gasteiger partial charge in [-0.3, -0.25) is 9.69 Å². The van der Waals surface area contributed by atoms with Crippen LogP contribution in [0.3, 0.4) is 0 Å². The maximum atomic E-state index is 11.9. The lowest BCUT2D eigenvalue weighted by atomic mass is 9.78. The minimum Gasteiger partial charge on any atom is -0.468 e. The van der Waals surface area contributed by atoms with E-state index in [9.17, 15) is 4.79 Å². The lowest BCUT2D eigenvalue weighted by Crippen LogP contribution is -2.60. The summed E-state index contributed by atoms with van der Waals surface area (Å²) in [5, 5.41) is 0. The molecule has 3 atom stereocenters. The first-order valence-corrected chi connectivity index (χ1v) is 7.28. The molecule has 0 radical (unpaired) electrons. The van der Waals surface area contributed by atoms with Crippen molar-refractivity contribution in [2.24, 2.45) is 5.73 Å². The Morgan fingerprint density at radius 3 is 2.79 bits per heavy atom. The van der Waals surface area contributed by atoms with E-state index in [1.807, 2.05) is 0 Å². The van der Waals surface area contributed by atoms with Crippen LogP contribution in [0.2, 0.25) is 0 Å². The predicted molar refractivity (Wildman–Crippen MR) is 74.9 cm³/mol. The van der Waals surface area contributed by atoms with Gasteiger partial charge in [0.05, 0.1) is 7.11 Å². The van der Waals surface area contributed by atoms with E-state index in [1.54, 1.807) is 0 Å². The van der Waals surface area contributed by atoms with E-state index < -0.39 is 5.54 Å². The van der Waals surface area contributed by atoms with Crippen LogP contribution in [0.25, 0.3) is 0 Å². The molecule has 0 aromatic carbocycles. The molecule has 2 aliphatic rings. The van der Waals surface area contributed by atoms with Crippen molar-refractivity contribution in [2.45, 2.75) is 50.2 Å². The first-order valence-electron chi connectivity index (χ1n) is 7.28. The van der Waals surface area contributed by atoms with Crippen molar-refractivity contribution in [3.8, 4) is 0 Å². The molecule has 0 spiro atoms. The quantitative estimate of drug-likeness (QED) is 0.737. The van der Waals surface area contributed by atoms with Crippen molar-refractivity contribution >= 4 is 5.97 Å². The maximum Gasteiger partial charge on any atom is 0.325 e. The second kappa shape index (κ2) is 5.77. The number of nitrogens with two attached hydrogens (primary N) is 1. The summed E-state index contributed by atoms with van der Waals surface area (Å²) in [7, 11) is 3.59. The highest BCUT2D eigenvalue weighted by Gasteiger charge is 2.43. The number of carbonyl (C=O) groups is 1. The molecule has 1 aliphatic carbocycles. The fourth-order valence-electron chi connectivity index (χ4n) is 3.65. The Hall–Kier alpha value is -0.650. The lowest BCUT2D eigenvalue weighted by molar-refractivity contribution is -0.149. The molecule has 1 heterocycles. The van der Waals surface area contributed by atoms with Gasteiger partial charge in [0.25, 0.3) is 0 Å². The van der Waals surface area contributed by atoms with E-state index in [1.165, 1.54) is 7.11 Å². The fourth-order valence-corrected chi connectivity index (χ4v) is 3.65. The number of nitrogens with zero attached hydrogens (tertiary/aromatic N) is 2. The number of hydrogen-bond acceptors (Lipinski definition) is 5. The van der Waals surface area contributed by atoms with Crippen LogP contribution >= 0.6 is 0 Å². The van der Waals surface area contributed by atoms with Gasteiger partial charge in [0.1, 0.15) is 5.54 Å². The van der Waals surface area contributed by atoms with Gasteiger partial charge in [0, 0.05) is 31.7 Å². The van der Waals surface area contributed by atoms with Gasteiger partial charge in [-0.1, -0.05) is 0 Å². The first kappa shape index (κ1) is 14.8. The standard InChI is InChI=1S/C14H27N3O2/c1-11-10-16(2)7-8-17(11)12-5-4-6-14(15,9-12)13(18)19-3/h11-12H,4-10,15H2,1-3H3. The van der Waals surface area contributed by atoms with E-state index in [2.05, 4.69) is 23.8 Å². The van der Waals surface area contributed by atoms with Crippen LogP contribution in [0, 0.1) is 0 Å².